The van der Waals surface area contributed by atoms with Crippen LogP contribution in [0.4, 0.5) is 13.2 Å². The molecule has 104 valence electrons. The van der Waals surface area contributed by atoms with Crippen molar-refractivity contribution in [2.75, 3.05) is 0 Å². The average Bonchev–Trinajstić information content (AvgIpc) is 2.38. The Hall–Kier alpha value is -2.01. The van der Waals surface area contributed by atoms with Crippen molar-refractivity contribution in [2.45, 2.75) is 6.18 Å². The van der Waals surface area contributed by atoms with Crippen LogP contribution in [0.5, 0.6) is 0 Å². The van der Waals surface area contributed by atoms with E-state index in [0.29, 0.717) is 0 Å². The summed E-state index contributed by atoms with van der Waals surface area (Å²) in [6, 6.07) is 9.17. The fraction of sp³-hybridized carbons (Fsp3) is 0.0714. The minimum Gasteiger partial charge on any atom is -0.478 e. The van der Waals surface area contributed by atoms with Crippen molar-refractivity contribution in [3.63, 3.8) is 0 Å². The standard InChI is InChI=1S/C14H8ClF3O2/c15-12-6-5-8(7-11(12)14(16,17)18)9-3-1-2-4-10(9)13(19)20/h1-7H,(H,19,20). The van der Waals surface area contributed by atoms with Crippen molar-refractivity contribution in [2.24, 2.45) is 0 Å². The molecule has 0 saturated carbocycles. The molecule has 20 heavy (non-hydrogen) atoms. The van der Waals surface area contributed by atoms with E-state index in [9.17, 15) is 18.0 Å². The lowest BCUT2D eigenvalue weighted by Crippen LogP contribution is -2.06. The monoisotopic (exact) mass is 300 g/mol. The van der Waals surface area contributed by atoms with E-state index in [-0.39, 0.29) is 16.7 Å². The average molecular weight is 301 g/mol. The maximum atomic E-state index is 12.8. The minimum absolute atomic E-state index is 0.0667. The van der Waals surface area contributed by atoms with Gasteiger partial charge in [-0.2, -0.15) is 13.2 Å². The first-order valence-electron chi connectivity index (χ1n) is 5.50. The summed E-state index contributed by atoms with van der Waals surface area (Å²) in [5.41, 5.74) is -0.693. The van der Waals surface area contributed by atoms with Crippen LogP contribution in [-0.2, 0) is 6.18 Å². The molecule has 0 heterocycles. The summed E-state index contributed by atoms with van der Waals surface area (Å²) < 4.78 is 38.4. The molecule has 0 fully saturated rings. The highest BCUT2D eigenvalue weighted by atomic mass is 35.5. The molecule has 2 aromatic rings. The molecule has 0 radical (unpaired) electrons. The van der Waals surface area contributed by atoms with Crippen molar-refractivity contribution < 1.29 is 23.1 Å². The topological polar surface area (TPSA) is 37.3 Å². The fourth-order valence-corrected chi connectivity index (χ4v) is 2.06. The summed E-state index contributed by atoms with van der Waals surface area (Å²) in [6.45, 7) is 0. The Morgan fingerprint density at radius 3 is 2.35 bits per heavy atom. The molecule has 0 saturated heterocycles. The van der Waals surface area contributed by atoms with E-state index < -0.39 is 22.7 Å². The summed E-state index contributed by atoms with van der Waals surface area (Å²) in [5.74, 6) is -1.20. The molecule has 0 unspecified atom stereocenters. The van der Waals surface area contributed by atoms with Gasteiger partial charge >= 0.3 is 12.1 Å². The second-order valence-corrected chi connectivity index (χ2v) is 4.45. The van der Waals surface area contributed by atoms with Crippen LogP contribution in [0.25, 0.3) is 11.1 Å². The number of benzene rings is 2. The first-order valence-corrected chi connectivity index (χ1v) is 5.88. The van der Waals surface area contributed by atoms with E-state index in [0.717, 1.165) is 12.1 Å². The van der Waals surface area contributed by atoms with Crippen molar-refractivity contribution in [3.8, 4) is 11.1 Å². The molecule has 1 N–H and O–H groups in total. The third kappa shape index (κ3) is 2.77. The zero-order valence-electron chi connectivity index (χ0n) is 9.91. The van der Waals surface area contributed by atoms with E-state index in [1.54, 1.807) is 6.07 Å². The van der Waals surface area contributed by atoms with Crippen LogP contribution in [0, 0.1) is 0 Å². The smallest absolute Gasteiger partial charge is 0.417 e. The number of halogens is 4. The quantitative estimate of drug-likeness (QED) is 0.871. The Bertz CT molecular complexity index is 666. The maximum Gasteiger partial charge on any atom is 0.417 e. The predicted molar refractivity (Wildman–Crippen MR) is 68.8 cm³/mol. The van der Waals surface area contributed by atoms with Gasteiger partial charge in [-0.25, -0.2) is 4.79 Å². The van der Waals surface area contributed by atoms with Crippen molar-refractivity contribution in [3.05, 3.63) is 58.6 Å². The van der Waals surface area contributed by atoms with E-state index in [4.69, 9.17) is 16.7 Å². The molecule has 0 spiro atoms. The van der Waals surface area contributed by atoms with Gasteiger partial charge < -0.3 is 5.11 Å². The molecule has 0 bridgehead atoms. The number of hydrogen-bond acceptors (Lipinski definition) is 1. The number of carboxylic acid groups (broad SMARTS) is 1. The molecule has 0 aliphatic heterocycles. The molecule has 6 heteroatoms. The maximum absolute atomic E-state index is 12.8. The highest BCUT2D eigenvalue weighted by molar-refractivity contribution is 6.31. The number of aromatic carboxylic acids is 1. The van der Waals surface area contributed by atoms with Gasteiger partial charge in [0.05, 0.1) is 16.1 Å². The van der Waals surface area contributed by atoms with Gasteiger partial charge in [0.15, 0.2) is 0 Å². The molecule has 0 amide bonds. The lowest BCUT2D eigenvalue weighted by molar-refractivity contribution is -0.137. The highest BCUT2D eigenvalue weighted by Crippen LogP contribution is 2.37. The Morgan fingerprint density at radius 2 is 1.75 bits per heavy atom. The third-order valence-corrected chi connectivity index (χ3v) is 3.07. The SMILES string of the molecule is O=C(O)c1ccccc1-c1ccc(Cl)c(C(F)(F)F)c1. The number of carboxylic acids is 1. The zero-order valence-corrected chi connectivity index (χ0v) is 10.7. The van der Waals surface area contributed by atoms with E-state index >= 15 is 0 Å². The predicted octanol–water partition coefficient (Wildman–Crippen LogP) is 4.72. The largest absolute Gasteiger partial charge is 0.478 e. The van der Waals surface area contributed by atoms with Crippen LogP contribution in [-0.4, -0.2) is 11.1 Å². The van der Waals surface area contributed by atoms with E-state index in [1.807, 2.05) is 0 Å². The second-order valence-electron chi connectivity index (χ2n) is 4.04. The van der Waals surface area contributed by atoms with Crippen molar-refractivity contribution >= 4 is 17.6 Å². The fourth-order valence-electron chi connectivity index (χ4n) is 1.83. The Kier molecular flexibility index (Phi) is 3.72. The van der Waals surface area contributed by atoms with Gasteiger partial charge in [0.25, 0.3) is 0 Å². The summed E-state index contributed by atoms with van der Waals surface area (Å²) in [6.07, 6.45) is -4.59. The molecular formula is C14H8ClF3O2. The Balaban J connectivity index is 2.63. The Labute approximate surface area is 117 Å². The number of alkyl halides is 3. The van der Waals surface area contributed by atoms with Gasteiger partial charge in [0.1, 0.15) is 0 Å². The van der Waals surface area contributed by atoms with Crippen LogP contribution < -0.4 is 0 Å². The van der Waals surface area contributed by atoms with Gasteiger partial charge in [-0.1, -0.05) is 35.9 Å². The van der Waals surface area contributed by atoms with Crippen molar-refractivity contribution in [1.82, 2.24) is 0 Å². The van der Waals surface area contributed by atoms with Gasteiger partial charge in [-0.3, -0.25) is 0 Å². The van der Waals surface area contributed by atoms with Gasteiger partial charge in [-0.15, -0.1) is 0 Å². The first-order chi connectivity index (χ1) is 9.30. The van der Waals surface area contributed by atoms with Crippen LogP contribution in [0.2, 0.25) is 5.02 Å². The minimum atomic E-state index is -4.59. The van der Waals surface area contributed by atoms with Crippen molar-refractivity contribution in [1.29, 1.82) is 0 Å². The van der Waals surface area contributed by atoms with Crippen LogP contribution >= 0.6 is 11.6 Å². The molecular weight excluding hydrogens is 293 g/mol. The Morgan fingerprint density at radius 1 is 1.10 bits per heavy atom. The third-order valence-electron chi connectivity index (χ3n) is 2.74. The second kappa shape index (κ2) is 5.17. The summed E-state index contributed by atoms with van der Waals surface area (Å²) in [7, 11) is 0. The van der Waals surface area contributed by atoms with Crippen LogP contribution in [0.1, 0.15) is 15.9 Å². The molecule has 0 atom stereocenters. The van der Waals surface area contributed by atoms with Crippen LogP contribution in [0.3, 0.4) is 0 Å². The van der Waals surface area contributed by atoms with Crippen LogP contribution in [0.15, 0.2) is 42.5 Å². The summed E-state index contributed by atoms with van der Waals surface area (Å²) in [4.78, 5) is 11.1. The number of carbonyl (C=O) groups is 1. The van der Waals surface area contributed by atoms with Gasteiger partial charge in [0, 0.05) is 0 Å². The lowest BCUT2D eigenvalue weighted by atomic mass is 9.98. The van der Waals surface area contributed by atoms with E-state index in [1.165, 1.54) is 24.3 Å². The van der Waals surface area contributed by atoms with Gasteiger partial charge in [0.2, 0.25) is 0 Å². The molecule has 2 rings (SSSR count). The summed E-state index contributed by atoms with van der Waals surface area (Å²) in [5, 5.41) is 8.64. The first kappa shape index (κ1) is 14.4. The highest BCUT2D eigenvalue weighted by Gasteiger charge is 2.33. The number of rotatable bonds is 2. The molecule has 0 aromatic heterocycles. The zero-order chi connectivity index (χ0) is 14.9. The number of hydrogen-bond donors (Lipinski definition) is 1. The molecule has 0 aliphatic carbocycles. The lowest BCUT2D eigenvalue weighted by Gasteiger charge is -2.12. The molecule has 2 nitrogen and oxygen atoms in total. The molecule has 0 aliphatic rings. The molecule has 2 aromatic carbocycles. The normalized spacial score (nSPS) is 11.4. The summed E-state index contributed by atoms with van der Waals surface area (Å²) >= 11 is 5.53. The van der Waals surface area contributed by atoms with Gasteiger partial charge in [-0.05, 0) is 29.3 Å². The van der Waals surface area contributed by atoms with E-state index in [2.05, 4.69) is 0 Å².